The number of halogens is 1. The number of carbonyl (C=O) groups excluding carboxylic acids is 1. The molecule has 0 saturated carbocycles. The first kappa shape index (κ1) is 18.6. The van der Waals surface area contributed by atoms with Gasteiger partial charge in [0.15, 0.2) is 0 Å². The van der Waals surface area contributed by atoms with Gasteiger partial charge >= 0.3 is 0 Å². The monoisotopic (exact) mass is 384 g/mol. The maximum Gasteiger partial charge on any atom is 0.264 e. The van der Waals surface area contributed by atoms with Crippen LogP contribution in [-0.2, 0) is 14.8 Å². The zero-order valence-electron chi connectivity index (χ0n) is 14.2. The van der Waals surface area contributed by atoms with Gasteiger partial charge in [-0.25, -0.2) is 12.8 Å². The number of hydrogen-bond acceptors (Lipinski definition) is 3. The van der Waals surface area contributed by atoms with Crippen LogP contribution in [0.2, 0.25) is 0 Å². The van der Waals surface area contributed by atoms with E-state index in [2.05, 4.69) is 5.32 Å². The molecule has 138 valence electrons. The van der Waals surface area contributed by atoms with Crippen molar-refractivity contribution in [1.82, 2.24) is 0 Å². The number of benzene rings is 3. The summed E-state index contributed by atoms with van der Waals surface area (Å²) in [5.74, 6) is -1.31. The number of rotatable bonds is 6. The summed E-state index contributed by atoms with van der Waals surface area (Å²) in [4.78, 5) is 12.4. The van der Waals surface area contributed by atoms with Gasteiger partial charge in [-0.3, -0.25) is 9.10 Å². The minimum Gasteiger partial charge on any atom is -0.325 e. The summed E-state index contributed by atoms with van der Waals surface area (Å²) in [6.07, 6.45) is 0. The maximum absolute atomic E-state index is 14.3. The number of para-hydroxylation sites is 2. The van der Waals surface area contributed by atoms with Crippen molar-refractivity contribution in [3.05, 3.63) is 90.7 Å². The van der Waals surface area contributed by atoms with E-state index < -0.39 is 28.3 Å². The lowest BCUT2D eigenvalue weighted by molar-refractivity contribution is -0.114. The van der Waals surface area contributed by atoms with Gasteiger partial charge in [0, 0.05) is 5.69 Å². The molecule has 0 aliphatic carbocycles. The zero-order valence-corrected chi connectivity index (χ0v) is 15.1. The topological polar surface area (TPSA) is 66.5 Å². The summed E-state index contributed by atoms with van der Waals surface area (Å²) in [6, 6.07) is 21.7. The third-order valence-corrected chi connectivity index (χ3v) is 5.57. The first-order chi connectivity index (χ1) is 13.0. The molecular formula is C20H17FN2O3S. The zero-order chi connectivity index (χ0) is 19.3. The quantitative estimate of drug-likeness (QED) is 0.705. The van der Waals surface area contributed by atoms with E-state index in [1.165, 1.54) is 30.3 Å². The van der Waals surface area contributed by atoms with Crippen LogP contribution < -0.4 is 9.62 Å². The van der Waals surface area contributed by atoms with Crippen LogP contribution in [0.1, 0.15) is 0 Å². The molecule has 27 heavy (non-hydrogen) atoms. The van der Waals surface area contributed by atoms with Gasteiger partial charge in [-0.05, 0) is 36.4 Å². The van der Waals surface area contributed by atoms with E-state index in [0.29, 0.717) is 5.69 Å². The van der Waals surface area contributed by atoms with Crippen molar-refractivity contribution in [2.75, 3.05) is 16.2 Å². The lowest BCUT2D eigenvalue weighted by atomic mass is 10.3. The van der Waals surface area contributed by atoms with Crippen LogP contribution >= 0.6 is 0 Å². The second kappa shape index (κ2) is 8.01. The number of carbonyl (C=O) groups is 1. The number of hydrogen-bond donors (Lipinski definition) is 1. The highest BCUT2D eigenvalue weighted by atomic mass is 32.2. The highest BCUT2D eigenvalue weighted by Gasteiger charge is 2.28. The summed E-state index contributed by atoms with van der Waals surface area (Å²) in [5.41, 5.74) is 0.331. The molecule has 0 fully saturated rings. The summed E-state index contributed by atoms with van der Waals surface area (Å²) in [6.45, 7) is -0.562. The van der Waals surface area contributed by atoms with Crippen molar-refractivity contribution in [2.24, 2.45) is 0 Å². The van der Waals surface area contributed by atoms with Crippen LogP contribution in [-0.4, -0.2) is 20.9 Å². The van der Waals surface area contributed by atoms with Gasteiger partial charge in [0.05, 0.1) is 10.6 Å². The van der Waals surface area contributed by atoms with E-state index in [1.807, 2.05) is 0 Å². The van der Waals surface area contributed by atoms with E-state index in [-0.39, 0.29) is 10.6 Å². The largest absolute Gasteiger partial charge is 0.325 e. The third-order valence-electron chi connectivity index (χ3n) is 3.80. The molecule has 0 radical (unpaired) electrons. The average Bonchev–Trinajstić information content (AvgIpc) is 2.68. The Bertz CT molecular complexity index is 1030. The Balaban J connectivity index is 1.96. The minimum atomic E-state index is -4.13. The third kappa shape index (κ3) is 4.32. The summed E-state index contributed by atoms with van der Waals surface area (Å²) in [5, 5.41) is 2.62. The first-order valence-electron chi connectivity index (χ1n) is 8.16. The van der Waals surface area contributed by atoms with Gasteiger partial charge in [-0.2, -0.15) is 0 Å². The predicted molar refractivity (Wildman–Crippen MR) is 102 cm³/mol. The van der Waals surface area contributed by atoms with Gasteiger partial charge in [-0.1, -0.05) is 48.5 Å². The Morgan fingerprint density at radius 3 is 2.04 bits per heavy atom. The predicted octanol–water partition coefficient (Wildman–Crippen LogP) is 3.66. The average molecular weight is 384 g/mol. The summed E-state index contributed by atoms with van der Waals surface area (Å²) in [7, 11) is -4.13. The highest BCUT2D eigenvalue weighted by Crippen LogP contribution is 2.26. The number of nitrogens with one attached hydrogen (secondary N) is 1. The van der Waals surface area contributed by atoms with Crippen LogP contribution in [0.5, 0.6) is 0 Å². The van der Waals surface area contributed by atoms with Crippen molar-refractivity contribution in [2.45, 2.75) is 4.90 Å². The second-order valence-electron chi connectivity index (χ2n) is 5.69. The summed E-state index contributed by atoms with van der Waals surface area (Å²) < 4.78 is 41.2. The van der Waals surface area contributed by atoms with E-state index in [9.17, 15) is 17.6 Å². The Kier molecular flexibility index (Phi) is 5.52. The van der Waals surface area contributed by atoms with Gasteiger partial charge < -0.3 is 5.32 Å². The van der Waals surface area contributed by atoms with Gasteiger partial charge in [0.1, 0.15) is 12.4 Å². The van der Waals surface area contributed by atoms with Crippen molar-refractivity contribution < 1.29 is 17.6 Å². The highest BCUT2D eigenvalue weighted by molar-refractivity contribution is 7.92. The molecule has 1 amide bonds. The molecule has 3 rings (SSSR count). The van der Waals surface area contributed by atoms with Gasteiger partial charge in [-0.15, -0.1) is 0 Å². The molecule has 3 aromatic carbocycles. The van der Waals surface area contributed by atoms with Crippen molar-refractivity contribution in [3.8, 4) is 0 Å². The standard InChI is InChI=1S/C20H17FN2O3S/c21-18-13-7-8-14-19(18)23(27(25,26)17-11-5-2-6-12-17)15-20(24)22-16-9-3-1-4-10-16/h1-14H,15H2,(H,22,24). The lowest BCUT2D eigenvalue weighted by Crippen LogP contribution is -2.38. The fourth-order valence-corrected chi connectivity index (χ4v) is 3.98. The summed E-state index contributed by atoms with van der Waals surface area (Å²) >= 11 is 0. The molecule has 0 aromatic heterocycles. The van der Waals surface area contributed by atoms with Crippen LogP contribution in [0.3, 0.4) is 0 Å². The molecule has 0 aliphatic heterocycles. The second-order valence-corrected chi connectivity index (χ2v) is 7.55. The molecule has 7 heteroatoms. The van der Waals surface area contributed by atoms with Crippen molar-refractivity contribution in [1.29, 1.82) is 0 Å². The van der Waals surface area contributed by atoms with E-state index >= 15 is 0 Å². The Morgan fingerprint density at radius 2 is 1.41 bits per heavy atom. The molecule has 0 heterocycles. The minimum absolute atomic E-state index is 0.0271. The molecule has 1 N–H and O–H groups in total. The number of nitrogens with zero attached hydrogens (tertiary/aromatic N) is 1. The molecule has 0 bridgehead atoms. The van der Waals surface area contributed by atoms with E-state index in [0.717, 1.165) is 10.4 Å². The molecule has 0 aliphatic rings. The molecule has 0 unspecified atom stereocenters. The molecule has 0 spiro atoms. The van der Waals surface area contributed by atoms with Crippen LogP contribution in [0.4, 0.5) is 15.8 Å². The van der Waals surface area contributed by atoms with Crippen molar-refractivity contribution >= 4 is 27.3 Å². The van der Waals surface area contributed by atoms with Crippen molar-refractivity contribution in [3.63, 3.8) is 0 Å². The van der Waals surface area contributed by atoms with Crippen LogP contribution in [0, 0.1) is 5.82 Å². The number of sulfonamides is 1. The Hall–Kier alpha value is -3.19. The molecular weight excluding hydrogens is 367 g/mol. The van der Waals surface area contributed by atoms with Gasteiger partial charge in [0.25, 0.3) is 10.0 Å². The molecule has 3 aromatic rings. The molecule has 0 atom stereocenters. The van der Waals surface area contributed by atoms with Crippen LogP contribution in [0.15, 0.2) is 89.8 Å². The van der Waals surface area contributed by atoms with E-state index in [4.69, 9.17) is 0 Å². The fraction of sp³-hybridized carbons (Fsp3) is 0.0500. The lowest BCUT2D eigenvalue weighted by Gasteiger charge is -2.24. The first-order valence-corrected chi connectivity index (χ1v) is 9.60. The number of amides is 1. The number of anilines is 2. The Morgan fingerprint density at radius 1 is 0.852 bits per heavy atom. The Labute approximate surface area is 157 Å². The van der Waals surface area contributed by atoms with Gasteiger partial charge in [0.2, 0.25) is 5.91 Å². The maximum atomic E-state index is 14.3. The van der Waals surface area contributed by atoms with E-state index in [1.54, 1.807) is 48.5 Å². The van der Waals surface area contributed by atoms with Crippen LogP contribution in [0.25, 0.3) is 0 Å². The fourth-order valence-electron chi connectivity index (χ4n) is 2.53. The normalized spacial score (nSPS) is 11.0. The molecule has 0 saturated heterocycles. The molecule has 5 nitrogen and oxygen atoms in total. The SMILES string of the molecule is O=C(CN(c1ccccc1F)S(=O)(=O)c1ccccc1)Nc1ccccc1. The smallest absolute Gasteiger partial charge is 0.264 e.